The monoisotopic (exact) mass is 339 g/mol. The molecule has 3 heterocycles. The van der Waals surface area contributed by atoms with Crippen LogP contribution in [0.15, 0.2) is 53.7 Å². The molecule has 24 heavy (non-hydrogen) atoms. The molecule has 1 aromatic carbocycles. The zero-order valence-electron chi connectivity index (χ0n) is 14.0. The molecule has 2 aromatic rings. The molecule has 1 N–H and O–H groups in total. The number of hydrogen-bond donors (Lipinski definition) is 1. The molecule has 0 aliphatic carbocycles. The molecule has 2 bridgehead atoms. The van der Waals surface area contributed by atoms with E-state index in [1.165, 1.54) is 36.8 Å². The van der Waals surface area contributed by atoms with Crippen molar-refractivity contribution in [2.75, 3.05) is 6.54 Å². The van der Waals surface area contributed by atoms with Crippen LogP contribution in [-0.4, -0.2) is 28.6 Å². The summed E-state index contributed by atoms with van der Waals surface area (Å²) in [6, 6.07) is 11.5. The largest absolute Gasteiger partial charge is 0.508 e. The van der Waals surface area contributed by atoms with Gasteiger partial charge in [-0.3, -0.25) is 4.90 Å². The van der Waals surface area contributed by atoms with E-state index >= 15 is 0 Å². The standard InChI is InChI=1S/C21H25NOS/c1-2-9-22-18-6-7-19(22)12-17(11-18)21(16-8-10-24-14-16)15-4-3-5-20(23)13-15/h2-5,8,10,13-14,17-19,21,23H,1,6-7,9,11-12H2. The fourth-order valence-electron chi connectivity index (χ4n) is 4.94. The van der Waals surface area contributed by atoms with Crippen molar-refractivity contribution in [2.45, 2.75) is 43.7 Å². The number of phenols is 1. The third-order valence-corrected chi connectivity index (χ3v) is 6.57. The summed E-state index contributed by atoms with van der Waals surface area (Å²) in [4.78, 5) is 2.66. The van der Waals surface area contributed by atoms with E-state index in [1.54, 1.807) is 17.4 Å². The average molecular weight is 340 g/mol. The highest BCUT2D eigenvalue weighted by atomic mass is 32.1. The first-order chi connectivity index (χ1) is 11.8. The zero-order valence-corrected chi connectivity index (χ0v) is 14.8. The van der Waals surface area contributed by atoms with Crippen LogP contribution < -0.4 is 0 Å². The van der Waals surface area contributed by atoms with Gasteiger partial charge in [0, 0.05) is 24.5 Å². The van der Waals surface area contributed by atoms with Gasteiger partial charge in [-0.2, -0.15) is 11.3 Å². The minimum absolute atomic E-state index is 0.375. The Morgan fingerprint density at radius 1 is 1.21 bits per heavy atom. The summed E-state index contributed by atoms with van der Waals surface area (Å²) in [5.41, 5.74) is 2.67. The minimum Gasteiger partial charge on any atom is -0.508 e. The fraction of sp³-hybridized carbons (Fsp3) is 0.429. The van der Waals surface area contributed by atoms with Crippen molar-refractivity contribution in [3.8, 4) is 5.75 Å². The maximum Gasteiger partial charge on any atom is 0.115 e. The number of aromatic hydroxyl groups is 1. The Labute approximate surface area is 148 Å². The first-order valence-electron chi connectivity index (χ1n) is 8.94. The Kier molecular flexibility index (Phi) is 4.47. The highest BCUT2D eigenvalue weighted by Crippen LogP contribution is 2.47. The third-order valence-electron chi connectivity index (χ3n) is 5.86. The molecule has 3 heteroatoms. The summed E-state index contributed by atoms with van der Waals surface area (Å²) >= 11 is 1.77. The molecule has 2 aliphatic rings. The van der Waals surface area contributed by atoms with Crippen LogP contribution in [0.5, 0.6) is 5.75 Å². The Morgan fingerprint density at radius 3 is 2.62 bits per heavy atom. The Hall–Kier alpha value is -1.58. The summed E-state index contributed by atoms with van der Waals surface area (Å²) in [6.07, 6.45) is 7.20. The number of piperidine rings is 1. The van der Waals surface area contributed by atoms with E-state index in [2.05, 4.69) is 40.4 Å². The second-order valence-corrected chi connectivity index (χ2v) is 8.01. The van der Waals surface area contributed by atoms with Gasteiger partial charge in [0.05, 0.1) is 0 Å². The van der Waals surface area contributed by atoms with Gasteiger partial charge in [-0.05, 0) is 71.7 Å². The summed E-state index contributed by atoms with van der Waals surface area (Å²) < 4.78 is 0. The SMILES string of the molecule is C=CCN1C2CCC1CC(C(c1ccsc1)c1cccc(O)c1)C2. The Bertz CT molecular complexity index is 682. The molecule has 3 unspecified atom stereocenters. The Balaban J connectivity index is 1.65. The van der Waals surface area contributed by atoms with Gasteiger partial charge in [-0.15, -0.1) is 6.58 Å². The smallest absolute Gasteiger partial charge is 0.115 e. The Morgan fingerprint density at radius 2 is 2.00 bits per heavy atom. The van der Waals surface area contributed by atoms with E-state index in [4.69, 9.17) is 0 Å². The van der Waals surface area contributed by atoms with E-state index in [1.807, 2.05) is 12.1 Å². The van der Waals surface area contributed by atoms with Gasteiger partial charge < -0.3 is 5.11 Å². The first-order valence-corrected chi connectivity index (χ1v) is 9.88. The van der Waals surface area contributed by atoms with Crippen LogP contribution >= 0.6 is 11.3 Å². The van der Waals surface area contributed by atoms with Crippen molar-refractivity contribution in [3.05, 3.63) is 64.9 Å². The molecule has 4 rings (SSSR count). The lowest BCUT2D eigenvalue weighted by Gasteiger charge is -2.41. The second kappa shape index (κ2) is 6.73. The van der Waals surface area contributed by atoms with Gasteiger partial charge in [0.15, 0.2) is 0 Å². The predicted molar refractivity (Wildman–Crippen MR) is 101 cm³/mol. The summed E-state index contributed by atoms with van der Waals surface area (Å²) in [5, 5.41) is 14.4. The number of hydrogen-bond acceptors (Lipinski definition) is 3. The molecule has 3 atom stereocenters. The molecule has 0 radical (unpaired) electrons. The molecule has 1 aromatic heterocycles. The molecule has 2 saturated heterocycles. The van der Waals surface area contributed by atoms with Crippen molar-refractivity contribution in [1.29, 1.82) is 0 Å². The second-order valence-electron chi connectivity index (χ2n) is 7.23. The number of fused-ring (bicyclic) bond motifs is 2. The fourth-order valence-corrected chi connectivity index (χ4v) is 5.64. The quantitative estimate of drug-likeness (QED) is 0.774. The third kappa shape index (κ3) is 2.91. The van der Waals surface area contributed by atoms with Crippen LogP contribution in [0.3, 0.4) is 0 Å². The highest BCUT2D eigenvalue weighted by Gasteiger charge is 2.42. The van der Waals surface area contributed by atoms with Crippen molar-refractivity contribution in [1.82, 2.24) is 4.90 Å². The molecule has 0 amide bonds. The molecular weight excluding hydrogens is 314 g/mol. The van der Waals surface area contributed by atoms with Crippen molar-refractivity contribution in [2.24, 2.45) is 5.92 Å². The topological polar surface area (TPSA) is 23.5 Å². The van der Waals surface area contributed by atoms with Crippen LogP contribution in [0, 0.1) is 5.92 Å². The lowest BCUT2D eigenvalue weighted by atomic mass is 9.74. The highest BCUT2D eigenvalue weighted by molar-refractivity contribution is 7.08. The number of benzene rings is 1. The first kappa shape index (κ1) is 15.9. The van der Waals surface area contributed by atoms with Crippen LogP contribution in [-0.2, 0) is 0 Å². The van der Waals surface area contributed by atoms with Crippen LogP contribution in [0.1, 0.15) is 42.7 Å². The van der Waals surface area contributed by atoms with E-state index in [0.29, 0.717) is 29.7 Å². The van der Waals surface area contributed by atoms with Crippen LogP contribution in [0.25, 0.3) is 0 Å². The van der Waals surface area contributed by atoms with Gasteiger partial charge in [-0.25, -0.2) is 0 Å². The minimum atomic E-state index is 0.375. The lowest BCUT2D eigenvalue weighted by Crippen LogP contribution is -2.44. The number of nitrogens with zero attached hydrogens (tertiary/aromatic N) is 1. The van der Waals surface area contributed by atoms with Crippen molar-refractivity contribution in [3.63, 3.8) is 0 Å². The van der Waals surface area contributed by atoms with Crippen molar-refractivity contribution < 1.29 is 5.11 Å². The average Bonchev–Trinajstić information content (AvgIpc) is 3.16. The molecule has 126 valence electrons. The van der Waals surface area contributed by atoms with Crippen LogP contribution in [0.4, 0.5) is 0 Å². The molecule has 0 spiro atoms. The molecule has 0 saturated carbocycles. The molecule has 2 nitrogen and oxygen atoms in total. The van der Waals surface area contributed by atoms with Gasteiger partial charge in [0.2, 0.25) is 0 Å². The molecular formula is C21H25NOS. The summed E-state index contributed by atoms with van der Waals surface area (Å²) in [6.45, 7) is 4.96. The predicted octanol–water partition coefficient (Wildman–Crippen LogP) is 5.01. The number of thiophene rings is 1. The lowest BCUT2D eigenvalue weighted by molar-refractivity contribution is 0.110. The maximum atomic E-state index is 9.97. The number of phenolic OH excluding ortho intramolecular Hbond substituents is 1. The van der Waals surface area contributed by atoms with Crippen LogP contribution in [0.2, 0.25) is 0 Å². The van der Waals surface area contributed by atoms with Crippen molar-refractivity contribution >= 4 is 11.3 Å². The van der Waals surface area contributed by atoms with E-state index in [0.717, 1.165) is 6.54 Å². The van der Waals surface area contributed by atoms with E-state index < -0.39 is 0 Å². The van der Waals surface area contributed by atoms with Gasteiger partial charge in [0.25, 0.3) is 0 Å². The van der Waals surface area contributed by atoms with Gasteiger partial charge in [-0.1, -0.05) is 18.2 Å². The summed E-state index contributed by atoms with van der Waals surface area (Å²) in [5.74, 6) is 1.43. The normalized spacial score (nSPS) is 27.9. The van der Waals surface area contributed by atoms with Gasteiger partial charge in [0.1, 0.15) is 5.75 Å². The van der Waals surface area contributed by atoms with E-state index in [9.17, 15) is 5.11 Å². The van der Waals surface area contributed by atoms with Gasteiger partial charge >= 0.3 is 0 Å². The summed E-state index contributed by atoms with van der Waals surface area (Å²) in [7, 11) is 0. The number of rotatable bonds is 5. The maximum absolute atomic E-state index is 9.97. The zero-order chi connectivity index (χ0) is 16.5. The van der Waals surface area contributed by atoms with E-state index in [-0.39, 0.29) is 0 Å². The molecule has 2 fully saturated rings. The molecule has 2 aliphatic heterocycles.